The fourth-order valence-electron chi connectivity index (χ4n) is 1.81. The van der Waals surface area contributed by atoms with E-state index in [1.807, 2.05) is 36.0 Å². The van der Waals surface area contributed by atoms with Gasteiger partial charge in [0, 0.05) is 19.2 Å². The van der Waals surface area contributed by atoms with Gasteiger partial charge in [-0.05, 0) is 31.5 Å². The summed E-state index contributed by atoms with van der Waals surface area (Å²) in [6.07, 6.45) is 3.12. The van der Waals surface area contributed by atoms with Crippen molar-refractivity contribution in [3.8, 4) is 0 Å². The minimum Gasteiger partial charge on any atom is -0.397 e. The summed E-state index contributed by atoms with van der Waals surface area (Å²) in [6, 6.07) is 9.19. The molecule has 1 aromatic carbocycles. The minimum atomic E-state index is -0.0261. The molecule has 5 nitrogen and oxygen atoms in total. The number of amides is 1. The number of nitrogen functional groups attached to an aromatic ring is 1. The molecule has 0 radical (unpaired) electrons. The van der Waals surface area contributed by atoms with Crippen molar-refractivity contribution in [2.24, 2.45) is 0 Å². The first-order chi connectivity index (χ1) is 9.15. The zero-order chi connectivity index (χ0) is 13.7. The van der Waals surface area contributed by atoms with Crippen LogP contribution in [0.3, 0.4) is 0 Å². The predicted octanol–water partition coefficient (Wildman–Crippen LogP) is 2.19. The highest BCUT2D eigenvalue weighted by Crippen LogP contribution is 2.16. The van der Waals surface area contributed by atoms with Crippen molar-refractivity contribution < 1.29 is 4.79 Å². The molecule has 1 aromatic heterocycles. The Hall–Kier alpha value is -2.30. The monoisotopic (exact) mass is 258 g/mol. The number of carbonyl (C=O) groups is 1. The zero-order valence-electron chi connectivity index (χ0n) is 11.0. The number of hydrogen-bond donors (Lipinski definition) is 2. The van der Waals surface area contributed by atoms with Gasteiger partial charge < -0.3 is 11.1 Å². The predicted molar refractivity (Wildman–Crippen MR) is 75.7 cm³/mol. The maximum atomic E-state index is 11.8. The van der Waals surface area contributed by atoms with Crippen LogP contribution in [0.15, 0.2) is 36.5 Å². The van der Waals surface area contributed by atoms with E-state index in [0.29, 0.717) is 17.8 Å². The highest BCUT2D eigenvalue weighted by Gasteiger charge is 2.04. The zero-order valence-corrected chi connectivity index (χ0v) is 11.0. The average molecular weight is 258 g/mol. The van der Waals surface area contributed by atoms with Crippen molar-refractivity contribution in [3.63, 3.8) is 0 Å². The number of anilines is 2. The second kappa shape index (κ2) is 6.04. The molecule has 2 aromatic rings. The third-order valence-corrected chi connectivity index (χ3v) is 2.80. The minimum absolute atomic E-state index is 0.0261. The molecule has 0 spiro atoms. The van der Waals surface area contributed by atoms with Crippen LogP contribution < -0.4 is 11.1 Å². The van der Waals surface area contributed by atoms with Crippen molar-refractivity contribution in [1.82, 2.24) is 9.78 Å². The molecule has 0 aliphatic carbocycles. The highest BCUT2D eigenvalue weighted by atomic mass is 16.1. The van der Waals surface area contributed by atoms with Crippen LogP contribution in [-0.4, -0.2) is 15.7 Å². The van der Waals surface area contributed by atoms with Crippen LogP contribution in [0.25, 0.3) is 0 Å². The molecule has 0 bridgehead atoms. The Labute approximate surface area is 112 Å². The molecular formula is C14H18N4O. The van der Waals surface area contributed by atoms with E-state index in [1.54, 1.807) is 12.1 Å². The van der Waals surface area contributed by atoms with Gasteiger partial charge in [0.25, 0.3) is 0 Å². The van der Waals surface area contributed by atoms with Crippen LogP contribution in [0.4, 0.5) is 11.4 Å². The lowest BCUT2D eigenvalue weighted by Gasteiger charge is -2.07. The standard InChI is InChI=1S/C14H18N4O/c1-11-8-10-18(17-11)9-4-7-14(19)16-13-6-3-2-5-12(13)15/h2-3,5-6,8,10H,4,7,9,15H2,1H3,(H,16,19). The van der Waals surface area contributed by atoms with Crippen molar-refractivity contribution in [3.05, 3.63) is 42.2 Å². The number of hydrogen-bond acceptors (Lipinski definition) is 3. The Bertz CT molecular complexity index is 562. The lowest BCUT2D eigenvalue weighted by atomic mass is 10.2. The summed E-state index contributed by atoms with van der Waals surface area (Å²) in [5.74, 6) is -0.0261. The quantitative estimate of drug-likeness (QED) is 0.807. The Morgan fingerprint density at radius 1 is 1.37 bits per heavy atom. The van der Waals surface area contributed by atoms with Crippen LogP contribution in [-0.2, 0) is 11.3 Å². The van der Waals surface area contributed by atoms with E-state index in [0.717, 1.165) is 18.7 Å². The Kier molecular flexibility index (Phi) is 4.18. The van der Waals surface area contributed by atoms with Crippen molar-refractivity contribution in [1.29, 1.82) is 0 Å². The number of nitrogens with zero attached hydrogens (tertiary/aromatic N) is 2. The molecule has 1 amide bonds. The number of nitrogens with one attached hydrogen (secondary N) is 1. The molecule has 2 rings (SSSR count). The lowest BCUT2D eigenvalue weighted by molar-refractivity contribution is -0.116. The van der Waals surface area contributed by atoms with Crippen LogP contribution in [0, 0.1) is 6.92 Å². The second-order valence-electron chi connectivity index (χ2n) is 4.46. The van der Waals surface area contributed by atoms with E-state index in [4.69, 9.17) is 5.73 Å². The number of carbonyl (C=O) groups excluding carboxylic acids is 1. The number of rotatable bonds is 5. The molecule has 100 valence electrons. The number of aromatic nitrogens is 2. The van der Waals surface area contributed by atoms with Crippen LogP contribution in [0.2, 0.25) is 0 Å². The van der Waals surface area contributed by atoms with Gasteiger partial charge in [-0.25, -0.2) is 0 Å². The summed E-state index contributed by atoms with van der Waals surface area (Å²) in [5.41, 5.74) is 8.00. The number of nitrogens with two attached hydrogens (primary N) is 1. The molecule has 0 saturated carbocycles. The first-order valence-corrected chi connectivity index (χ1v) is 6.29. The molecule has 0 saturated heterocycles. The molecular weight excluding hydrogens is 240 g/mol. The number of aryl methyl sites for hydroxylation is 2. The van der Waals surface area contributed by atoms with E-state index in [2.05, 4.69) is 10.4 Å². The molecule has 0 aliphatic heterocycles. The SMILES string of the molecule is Cc1ccn(CCCC(=O)Nc2ccccc2N)n1. The van der Waals surface area contributed by atoms with E-state index in [1.165, 1.54) is 0 Å². The van der Waals surface area contributed by atoms with Gasteiger partial charge in [-0.1, -0.05) is 12.1 Å². The van der Waals surface area contributed by atoms with Gasteiger partial charge in [0.1, 0.15) is 0 Å². The van der Waals surface area contributed by atoms with Crippen molar-refractivity contribution in [2.75, 3.05) is 11.1 Å². The van der Waals surface area contributed by atoms with E-state index < -0.39 is 0 Å². The molecule has 1 heterocycles. The van der Waals surface area contributed by atoms with Crippen LogP contribution in [0.5, 0.6) is 0 Å². The molecule has 5 heteroatoms. The summed E-state index contributed by atoms with van der Waals surface area (Å²) in [5, 5.41) is 7.08. The third kappa shape index (κ3) is 3.84. The van der Waals surface area contributed by atoms with Crippen LogP contribution >= 0.6 is 0 Å². The Balaban J connectivity index is 1.77. The fourth-order valence-corrected chi connectivity index (χ4v) is 1.81. The van der Waals surface area contributed by atoms with Gasteiger partial charge in [-0.3, -0.25) is 9.48 Å². The summed E-state index contributed by atoms with van der Waals surface area (Å²) < 4.78 is 1.85. The summed E-state index contributed by atoms with van der Waals surface area (Å²) >= 11 is 0. The van der Waals surface area contributed by atoms with Gasteiger partial charge in [-0.2, -0.15) is 5.10 Å². The summed E-state index contributed by atoms with van der Waals surface area (Å²) in [6.45, 7) is 2.69. The second-order valence-corrected chi connectivity index (χ2v) is 4.46. The van der Waals surface area contributed by atoms with E-state index in [9.17, 15) is 4.79 Å². The molecule has 0 unspecified atom stereocenters. The van der Waals surface area contributed by atoms with Crippen molar-refractivity contribution >= 4 is 17.3 Å². The maximum absolute atomic E-state index is 11.8. The van der Waals surface area contributed by atoms with Gasteiger partial charge in [0.2, 0.25) is 5.91 Å². The summed E-state index contributed by atoms with van der Waals surface area (Å²) in [4.78, 5) is 11.8. The molecule has 0 fully saturated rings. The van der Waals surface area contributed by atoms with E-state index in [-0.39, 0.29) is 5.91 Å². The third-order valence-electron chi connectivity index (χ3n) is 2.80. The van der Waals surface area contributed by atoms with Gasteiger partial charge in [-0.15, -0.1) is 0 Å². The molecule has 19 heavy (non-hydrogen) atoms. The van der Waals surface area contributed by atoms with Crippen molar-refractivity contribution in [2.45, 2.75) is 26.3 Å². The number of benzene rings is 1. The summed E-state index contributed by atoms with van der Waals surface area (Å²) in [7, 11) is 0. The number of para-hydroxylation sites is 2. The smallest absolute Gasteiger partial charge is 0.224 e. The largest absolute Gasteiger partial charge is 0.397 e. The molecule has 0 atom stereocenters. The van der Waals surface area contributed by atoms with Gasteiger partial charge >= 0.3 is 0 Å². The topological polar surface area (TPSA) is 72.9 Å². The maximum Gasteiger partial charge on any atom is 0.224 e. The Morgan fingerprint density at radius 2 is 2.16 bits per heavy atom. The molecule has 0 aliphatic rings. The lowest BCUT2D eigenvalue weighted by Crippen LogP contribution is -2.13. The average Bonchev–Trinajstić information content (AvgIpc) is 2.78. The first kappa shape index (κ1) is 13.1. The van der Waals surface area contributed by atoms with Gasteiger partial charge in [0.05, 0.1) is 17.1 Å². The van der Waals surface area contributed by atoms with E-state index >= 15 is 0 Å². The highest BCUT2D eigenvalue weighted by molar-refractivity contribution is 5.93. The Morgan fingerprint density at radius 3 is 2.84 bits per heavy atom. The van der Waals surface area contributed by atoms with Gasteiger partial charge in [0.15, 0.2) is 0 Å². The first-order valence-electron chi connectivity index (χ1n) is 6.29. The normalized spacial score (nSPS) is 10.4. The fraction of sp³-hybridized carbons (Fsp3) is 0.286. The molecule has 3 N–H and O–H groups in total. The van der Waals surface area contributed by atoms with Crippen LogP contribution in [0.1, 0.15) is 18.5 Å².